The maximum Gasteiger partial charge on any atom is 0.120 e. The summed E-state index contributed by atoms with van der Waals surface area (Å²) >= 11 is 0. The minimum absolute atomic E-state index is 0.314. The number of nitrogens with zero attached hydrogens (tertiary/aromatic N) is 1. The zero-order valence-electron chi connectivity index (χ0n) is 11.0. The second-order valence-electron chi connectivity index (χ2n) is 5.22. The van der Waals surface area contributed by atoms with Crippen molar-refractivity contribution in [3.05, 3.63) is 24.2 Å². The van der Waals surface area contributed by atoms with Crippen LogP contribution >= 0.6 is 0 Å². The van der Waals surface area contributed by atoms with Gasteiger partial charge in [-0.2, -0.15) is 0 Å². The van der Waals surface area contributed by atoms with Crippen LogP contribution in [0.25, 0.3) is 0 Å². The zero-order valence-corrected chi connectivity index (χ0v) is 11.0. The third kappa shape index (κ3) is 3.86. The van der Waals surface area contributed by atoms with Gasteiger partial charge in [-0.1, -0.05) is 6.92 Å². The van der Waals surface area contributed by atoms with Gasteiger partial charge in [-0.05, 0) is 50.9 Å². The molecule has 0 bridgehead atoms. The molecule has 1 N–H and O–H groups in total. The van der Waals surface area contributed by atoms with Crippen LogP contribution in [0.4, 0.5) is 0 Å². The molecule has 0 radical (unpaired) electrons. The molecule has 0 spiro atoms. The molecule has 1 aliphatic heterocycles. The van der Waals surface area contributed by atoms with Gasteiger partial charge in [0, 0.05) is 13.1 Å². The lowest BCUT2D eigenvalue weighted by atomic mass is 9.99. The molecule has 3 heteroatoms. The average Bonchev–Trinajstić information content (AvgIpc) is 2.85. The van der Waals surface area contributed by atoms with Crippen molar-refractivity contribution in [3.63, 3.8) is 0 Å². The lowest BCUT2D eigenvalue weighted by Crippen LogP contribution is -2.38. The Morgan fingerprint density at radius 1 is 1.47 bits per heavy atom. The van der Waals surface area contributed by atoms with Crippen LogP contribution in [0, 0.1) is 5.92 Å². The monoisotopic (exact) mass is 236 g/mol. The Labute approximate surface area is 104 Å². The van der Waals surface area contributed by atoms with Gasteiger partial charge in [0.25, 0.3) is 0 Å². The van der Waals surface area contributed by atoms with Crippen LogP contribution in [0.3, 0.4) is 0 Å². The second-order valence-corrected chi connectivity index (χ2v) is 5.22. The highest BCUT2D eigenvalue weighted by molar-refractivity contribution is 5.02. The standard InChI is InChI=1S/C14H24N2O/c1-12-5-8-16(9-6-12)10-7-15-13(2)14-4-3-11-17-14/h3-4,11-13,15H,5-10H2,1-2H3. The van der Waals surface area contributed by atoms with Crippen molar-refractivity contribution >= 4 is 0 Å². The summed E-state index contributed by atoms with van der Waals surface area (Å²) in [7, 11) is 0. The number of hydrogen-bond donors (Lipinski definition) is 1. The summed E-state index contributed by atoms with van der Waals surface area (Å²) in [5, 5.41) is 3.51. The first-order chi connectivity index (χ1) is 8.25. The summed E-state index contributed by atoms with van der Waals surface area (Å²) < 4.78 is 5.38. The highest BCUT2D eigenvalue weighted by Gasteiger charge is 2.15. The predicted octanol–water partition coefficient (Wildman–Crippen LogP) is 2.66. The first kappa shape index (κ1) is 12.7. The quantitative estimate of drug-likeness (QED) is 0.852. The van der Waals surface area contributed by atoms with Crippen molar-refractivity contribution in [3.8, 4) is 0 Å². The number of nitrogens with one attached hydrogen (secondary N) is 1. The molecule has 3 nitrogen and oxygen atoms in total. The van der Waals surface area contributed by atoms with Gasteiger partial charge in [0.05, 0.1) is 12.3 Å². The largest absolute Gasteiger partial charge is 0.468 e. The van der Waals surface area contributed by atoms with Crippen molar-refractivity contribution < 1.29 is 4.42 Å². The van der Waals surface area contributed by atoms with Crippen LogP contribution < -0.4 is 5.32 Å². The summed E-state index contributed by atoms with van der Waals surface area (Å²) in [6.07, 6.45) is 4.45. The normalized spacial score (nSPS) is 20.6. The van der Waals surface area contributed by atoms with E-state index < -0.39 is 0 Å². The first-order valence-electron chi connectivity index (χ1n) is 6.75. The first-order valence-corrected chi connectivity index (χ1v) is 6.75. The SMILES string of the molecule is CC1CCN(CCNC(C)c2ccco2)CC1. The molecule has 0 amide bonds. The number of rotatable bonds is 5. The van der Waals surface area contributed by atoms with Crippen LogP contribution in [0.15, 0.2) is 22.8 Å². The van der Waals surface area contributed by atoms with E-state index in [1.54, 1.807) is 6.26 Å². The van der Waals surface area contributed by atoms with E-state index in [0.717, 1.165) is 24.8 Å². The molecular weight excluding hydrogens is 212 g/mol. The van der Waals surface area contributed by atoms with Gasteiger partial charge in [-0.3, -0.25) is 0 Å². The lowest BCUT2D eigenvalue weighted by Gasteiger charge is -2.30. The Bertz CT molecular complexity index is 302. The molecule has 96 valence electrons. The molecule has 1 fully saturated rings. The molecule has 0 aromatic carbocycles. The van der Waals surface area contributed by atoms with E-state index in [9.17, 15) is 0 Å². The number of hydrogen-bond acceptors (Lipinski definition) is 3. The Morgan fingerprint density at radius 2 is 2.24 bits per heavy atom. The Morgan fingerprint density at radius 3 is 2.88 bits per heavy atom. The van der Waals surface area contributed by atoms with Crippen LogP contribution in [0.5, 0.6) is 0 Å². The summed E-state index contributed by atoms with van der Waals surface area (Å²) in [5.41, 5.74) is 0. The molecule has 1 aromatic heterocycles. The molecular formula is C14H24N2O. The number of likely N-dealkylation sites (tertiary alicyclic amines) is 1. The molecule has 0 aliphatic carbocycles. The van der Waals surface area contributed by atoms with E-state index in [-0.39, 0.29) is 0 Å². The van der Waals surface area contributed by atoms with Crippen LogP contribution in [0.1, 0.15) is 38.5 Å². The topological polar surface area (TPSA) is 28.4 Å². The summed E-state index contributed by atoms with van der Waals surface area (Å²) in [5.74, 6) is 1.94. The molecule has 17 heavy (non-hydrogen) atoms. The second kappa shape index (κ2) is 6.22. The van der Waals surface area contributed by atoms with Crippen molar-refractivity contribution in [1.29, 1.82) is 0 Å². The highest BCUT2D eigenvalue weighted by Crippen LogP contribution is 2.15. The molecule has 1 aliphatic rings. The fourth-order valence-electron chi connectivity index (χ4n) is 2.36. The fraction of sp³-hybridized carbons (Fsp3) is 0.714. The zero-order chi connectivity index (χ0) is 12.1. The van der Waals surface area contributed by atoms with Gasteiger partial charge in [-0.15, -0.1) is 0 Å². The van der Waals surface area contributed by atoms with E-state index in [1.807, 2.05) is 12.1 Å². The summed E-state index contributed by atoms with van der Waals surface area (Å²) in [6.45, 7) is 9.22. The highest BCUT2D eigenvalue weighted by atomic mass is 16.3. The Balaban J connectivity index is 1.63. The minimum atomic E-state index is 0.314. The van der Waals surface area contributed by atoms with E-state index in [4.69, 9.17) is 4.42 Å². The van der Waals surface area contributed by atoms with Crippen molar-refractivity contribution in [2.24, 2.45) is 5.92 Å². The van der Waals surface area contributed by atoms with Crippen LogP contribution in [0.2, 0.25) is 0 Å². The Kier molecular flexibility index (Phi) is 4.63. The molecule has 1 unspecified atom stereocenters. The average molecular weight is 236 g/mol. The van der Waals surface area contributed by atoms with E-state index >= 15 is 0 Å². The Hall–Kier alpha value is -0.800. The van der Waals surface area contributed by atoms with Gasteiger partial charge < -0.3 is 14.6 Å². The van der Waals surface area contributed by atoms with Gasteiger partial charge in [0.15, 0.2) is 0 Å². The predicted molar refractivity (Wildman–Crippen MR) is 70.0 cm³/mol. The fourth-order valence-corrected chi connectivity index (χ4v) is 2.36. The lowest BCUT2D eigenvalue weighted by molar-refractivity contribution is 0.191. The van der Waals surface area contributed by atoms with Crippen molar-refractivity contribution in [1.82, 2.24) is 10.2 Å². The van der Waals surface area contributed by atoms with Crippen molar-refractivity contribution in [2.75, 3.05) is 26.2 Å². The van der Waals surface area contributed by atoms with Crippen LogP contribution in [-0.2, 0) is 0 Å². The van der Waals surface area contributed by atoms with E-state index in [0.29, 0.717) is 6.04 Å². The van der Waals surface area contributed by atoms with Crippen molar-refractivity contribution in [2.45, 2.75) is 32.7 Å². The van der Waals surface area contributed by atoms with Gasteiger partial charge in [-0.25, -0.2) is 0 Å². The molecule has 2 heterocycles. The summed E-state index contributed by atoms with van der Waals surface area (Å²) in [4.78, 5) is 2.56. The molecule has 1 atom stereocenters. The summed E-state index contributed by atoms with van der Waals surface area (Å²) in [6, 6.07) is 4.29. The maximum absolute atomic E-state index is 5.38. The van der Waals surface area contributed by atoms with Gasteiger partial charge >= 0.3 is 0 Å². The van der Waals surface area contributed by atoms with Crippen LogP contribution in [-0.4, -0.2) is 31.1 Å². The third-order valence-electron chi connectivity index (χ3n) is 3.72. The maximum atomic E-state index is 5.38. The van der Waals surface area contributed by atoms with E-state index in [1.165, 1.54) is 25.9 Å². The third-order valence-corrected chi connectivity index (χ3v) is 3.72. The van der Waals surface area contributed by atoms with E-state index in [2.05, 4.69) is 24.1 Å². The number of piperidine rings is 1. The molecule has 1 aromatic rings. The van der Waals surface area contributed by atoms with Gasteiger partial charge in [0.1, 0.15) is 5.76 Å². The number of furan rings is 1. The smallest absolute Gasteiger partial charge is 0.120 e. The molecule has 2 rings (SSSR count). The van der Waals surface area contributed by atoms with Gasteiger partial charge in [0.2, 0.25) is 0 Å². The molecule has 1 saturated heterocycles. The minimum Gasteiger partial charge on any atom is -0.468 e. The molecule has 0 saturated carbocycles.